The normalized spacial score (nSPS) is 12.2. The first-order valence-electron chi connectivity index (χ1n) is 5.31. The number of aromatic nitrogens is 2. The number of carbonyl (C=O) groups is 1. The Hall–Kier alpha value is -1.33. The Morgan fingerprint density at radius 2 is 2.33 bits per heavy atom. The van der Waals surface area contributed by atoms with Crippen molar-refractivity contribution in [2.45, 2.75) is 11.8 Å². The second-order valence-electron chi connectivity index (χ2n) is 3.71. The van der Waals surface area contributed by atoms with Crippen molar-refractivity contribution < 1.29 is 4.79 Å². The average Bonchev–Trinajstić information content (AvgIpc) is 2.82. The van der Waals surface area contributed by atoms with Gasteiger partial charge in [0.1, 0.15) is 0 Å². The summed E-state index contributed by atoms with van der Waals surface area (Å²) in [4.78, 5) is 15.4. The highest BCUT2D eigenvalue weighted by atomic mass is 79.9. The van der Waals surface area contributed by atoms with Crippen molar-refractivity contribution in [3.63, 3.8) is 0 Å². The van der Waals surface area contributed by atoms with Crippen molar-refractivity contribution >= 4 is 39.1 Å². The highest BCUT2D eigenvalue weighted by molar-refractivity contribution is 9.10. The predicted molar refractivity (Wildman–Crippen MR) is 75.6 cm³/mol. The van der Waals surface area contributed by atoms with Gasteiger partial charge in [-0.05, 0) is 19.1 Å². The Kier molecular flexibility index (Phi) is 4.04. The fourth-order valence-corrected chi connectivity index (χ4v) is 1.89. The molecule has 94 valence electrons. The lowest BCUT2D eigenvalue weighted by atomic mass is 10.2. The largest absolute Gasteiger partial charge is 0.323 e. The van der Waals surface area contributed by atoms with Crippen LogP contribution in [0.1, 0.15) is 6.92 Å². The molecule has 1 aromatic heterocycles. The Labute approximate surface area is 118 Å². The summed E-state index contributed by atoms with van der Waals surface area (Å²) in [5.41, 5.74) is 1.36. The van der Waals surface area contributed by atoms with Gasteiger partial charge in [0, 0.05) is 12.4 Å². The molecule has 0 radical (unpaired) electrons. The van der Waals surface area contributed by atoms with Crippen LogP contribution in [-0.4, -0.2) is 20.3 Å². The number of benzene rings is 1. The molecular formula is C12H11BrClN3O. The summed E-state index contributed by atoms with van der Waals surface area (Å²) in [6.07, 6.45) is 5.06. The summed E-state index contributed by atoms with van der Waals surface area (Å²) in [5, 5.41) is 3.37. The van der Waals surface area contributed by atoms with E-state index < -0.39 is 0 Å². The summed E-state index contributed by atoms with van der Waals surface area (Å²) in [7, 11) is 0. The molecule has 2 rings (SSSR count). The zero-order chi connectivity index (χ0) is 13.1. The fourth-order valence-electron chi connectivity index (χ4n) is 1.50. The number of hydrogen-bond acceptors (Lipinski definition) is 2. The second-order valence-corrected chi connectivity index (χ2v) is 5.49. The van der Waals surface area contributed by atoms with E-state index >= 15 is 0 Å². The molecule has 0 fully saturated rings. The van der Waals surface area contributed by atoms with Crippen molar-refractivity contribution in [2.24, 2.45) is 0 Å². The molecule has 0 aliphatic carbocycles. The zero-order valence-corrected chi connectivity index (χ0v) is 11.9. The summed E-state index contributed by atoms with van der Waals surface area (Å²) >= 11 is 9.40. The van der Waals surface area contributed by atoms with Gasteiger partial charge in [-0.25, -0.2) is 4.98 Å². The third-order valence-electron chi connectivity index (χ3n) is 2.37. The number of anilines is 1. The molecule has 0 saturated heterocycles. The minimum Gasteiger partial charge on any atom is -0.323 e. The molecule has 1 heterocycles. The lowest BCUT2D eigenvalue weighted by molar-refractivity contribution is -0.115. The van der Waals surface area contributed by atoms with Crippen LogP contribution >= 0.6 is 27.5 Å². The molecule has 18 heavy (non-hydrogen) atoms. The van der Waals surface area contributed by atoms with Crippen LogP contribution in [0.5, 0.6) is 0 Å². The maximum atomic E-state index is 11.7. The van der Waals surface area contributed by atoms with Gasteiger partial charge in [-0.2, -0.15) is 0 Å². The molecule has 2 aromatic rings. The van der Waals surface area contributed by atoms with Crippen molar-refractivity contribution in [1.29, 1.82) is 0 Å². The van der Waals surface area contributed by atoms with E-state index in [4.69, 9.17) is 11.6 Å². The first-order valence-corrected chi connectivity index (χ1v) is 6.60. The van der Waals surface area contributed by atoms with Gasteiger partial charge < -0.3 is 9.88 Å². The third-order valence-corrected chi connectivity index (χ3v) is 3.09. The Morgan fingerprint density at radius 3 is 2.94 bits per heavy atom. The van der Waals surface area contributed by atoms with E-state index in [1.807, 2.05) is 0 Å². The Morgan fingerprint density at radius 1 is 1.56 bits per heavy atom. The average molecular weight is 329 g/mol. The number of amides is 1. The highest BCUT2D eigenvalue weighted by Gasteiger charge is 2.14. The lowest BCUT2D eigenvalue weighted by Gasteiger charge is -2.14. The van der Waals surface area contributed by atoms with E-state index in [-0.39, 0.29) is 10.7 Å². The molecule has 1 N–H and O–H groups in total. The molecule has 0 aliphatic heterocycles. The molecule has 0 aliphatic rings. The number of nitrogens with one attached hydrogen (secondary N) is 1. The number of hydrogen-bond donors (Lipinski definition) is 1. The van der Waals surface area contributed by atoms with E-state index in [0.717, 1.165) is 0 Å². The summed E-state index contributed by atoms with van der Waals surface area (Å²) in [5.74, 6) is -0.126. The molecule has 0 spiro atoms. The summed E-state index contributed by atoms with van der Waals surface area (Å²) in [6, 6.07) is 5.36. The van der Waals surface area contributed by atoms with E-state index in [1.54, 1.807) is 48.4 Å². The maximum Gasteiger partial charge on any atom is 0.237 e. The van der Waals surface area contributed by atoms with Gasteiger partial charge in [0.15, 0.2) is 0 Å². The number of imidazole rings is 1. The van der Waals surface area contributed by atoms with Gasteiger partial charge in [-0.3, -0.25) is 4.79 Å². The van der Waals surface area contributed by atoms with Crippen LogP contribution in [-0.2, 0) is 4.79 Å². The first kappa shape index (κ1) is 13.1. The first-order chi connectivity index (χ1) is 8.59. The molecule has 1 amide bonds. The van der Waals surface area contributed by atoms with Gasteiger partial charge in [0.2, 0.25) is 5.91 Å². The van der Waals surface area contributed by atoms with E-state index in [2.05, 4.69) is 26.2 Å². The predicted octanol–water partition coefficient (Wildman–Crippen LogP) is 3.25. The van der Waals surface area contributed by atoms with Gasteiger partial charge in [-0.1, -0.05) is 33.6 Å². The zero-order valence-electron chi connectivity index (χ0n) is 9.60. The molecule has 4 nitrogen and oxygen atoms in total. The quantitative estimate of drug-likeness (QED) is 0.879. The number of halogens is 2. The standard InChI is InChI=1S/C12H11BrClN3O/c1-8(13)12(18)16-10-4-2-3-9(14)11(10)17-6-5-15-7-17/h2-8H,1H3,(H,16,18). The van der Waals surface area contributed by atoms with Gasteiger partial charge in [-0.15, -0.1) is 0 Å². The smallest absolute Gasteiger partial charge is 0.237 e. The molecule has 6 heteroatoms. The second kappa shape index (κ2) is 5.54. The van der Waals surface area contributed by atoms with Crippen LogP contribution in [0.15, 0.2) is 36.9 Å². The van der Waals surface area contributed by atoms with Crippen LogP contribution < -0.4 is 5.32 Å². The van der Waals surface area contributed by atoms with E-state index in [1.165, 1.54) is 0 Å². The van der Waals surface area contributed by atoms with Gasteiger partial charge in [0.25, 0.3) is 0 Å². The monoisotopic (exact) mass is 327 g/mol. The molecule has 0 saturated carbocycles. The minimum absolute atomic E-state index is 0.126. The van der Waals surface area contributed by atoms with Crippen LogP contribution in [0.4, 0.5) is 5.69 Å². The molecule has 1 atom stereocenters. The van der Waals surface area contributed by atoms with Crippen LogP contribution in [0.25, 0.3) is 5.69 Å². The summed E-state index contributed by atoms with van der Waals surface area (Å²) in [6.45, 7) is 1.76. The van der Waals surface area contributed by atoms with E-state index in [9.17, 15) is 4.79 Å². The molecule has 0 bridgehead atoms. The number of nitrogens with zero attached hydrogens (tertiary/aromatic N) is 2. The van der Waals surface area contributed by atoms with Gasteiger partial charge in [0.05, 0.1) is 27.6 Å². The van der Waals surface area contributed by atoms with E-state index in [0.29, 0.717) is 16.4 Å². The number of alkyl halides is 1. The van der Waals surface area contributed by atoms with Gasteiger partial charge >= 0.3 is 0 Å². The van der Waals surface area contributed by atoms with Crippen molar-refractivity contribution in [3.05, 3.63) is 41.9 Å². The molecule has 1 aromatic carbocycles. The molecular weight excluding hydrogens is 318 g/mol. The van der Waals surface area contributed by atoms with Crippen molar-refractivity contribution in [1.82, 2.24) is 9.55 Å². The third kappa shape index (κ3) is 2.73. The Balaban J connectivity index is 2.42. The Bertz CT molecular complexity index is 554. The maximum absolute atomic E-state index is 11.7. The summed E-state index contributed by atoms with van der Waals surface area (Å²) < 4.78 is 1.76. The lowest BCUT2D eigenvalue weighted by Crippen LogP contribution is -2.20. The number of rotatable bonds is 3. The topological polar surface area (TPSA) is 46.9 Å². The van der Waals surface area contributed by atoms with Crippen LogP contribution in [0.2, 0.25) is 5.02 Å². The number of carbonyl (C=O) groups excluding carboxylic acids is 1. The highest BCUT2D eigenvalue weighted by Crippen LogP contribution is 2.28. The van der Waals surface area contributed by atoms with Crippen LogP contribution in [0.3, 0.4) is 0 Å². The van der Waals surface area contributed by atoms with Crippen molar-refractivity contribution in [3.8, 4) is 5.69 Å². The minimum atomic E-state index is -0.271. The number of para-hydroxylation sites is 1. The van der Waals surface area contributed by atoms with Crippen molar-refractivity contribution in [2.75, 3.05) is 5.32 Å². The molecule has 1 unspecified atom stereocenters. The van der Waals surface area contributed by atoms with Crippen LogP contribution in [0, 0.1) is 0 Å². The SMILES string of the molecule is CC(Br)C(=O)Nc1cccc(Cl)c1-n1ccnc1. The fraction of sp³-hybridized carbons (Fsp3) is 0.167.